The van der Waals surface area contributed by atoms with Gasteiger partial charge in [0.1, 0.15) is 0 Å². The number of carbonyl (C=O) groups is 2. The second-order valence-electron chi connectivity index (χ2n) is 3.73. The van der Waals surface area contributed by atoms with E-state index in [0.29, 0.717) is 18.5 Å². The Bertz CT molecular complexity index is 557. The van der Waals surface area contributed by atoms with E-state index < -0.39 is 0 Å². The molecule has 0 aliphatic heterocycles. The molecule has 17 heavy (non-hydrogen) atoms. The number of methoxy groups -OCH3 is 1. The van der Waals surface area contributed by atoms with Gasteiger partial charge in [0.05, 0.1) is 13.5 Å². The topological polar surface area (TPSA) is 48.3 Å². The summed E-state index contributed by atoms with van der Waals surface area (Å²) in [5.74, 6) is -0.238. The quantitative estimate of drug-likeness (QED) is 0.597. The van der Waals surface area contributed by atoms with Gasteiger partial charge in [-0.05, 0) is 12.1 Å². The lowest BCUT2D eigenvalue weighted by atomic mass is 10.1. The third-order valence-electron chi connectivity index (χ3n) is 2.76. The van der Waals surface area contributed by atoms with Crippen molar-refractivity contribution in [1.29, 1.82) is 0 Å². The molecular formula is C13H13NO3. The number of nitrogens with zero attached hydrogens (tertiary/aromatic N) is 1. The zero-order valence-electron chi connectivity index (χ0n) is 9.55. The van der Waals surface area contributed by atoms with Crippen molar-refractivity contribution in [2.75, 3.05) is 7.11 Å². The maximum atomic E-state index is 11.1. The number of aldehydes is 1. The number of benzene rings is 1. The van der Waals surface area contributed by atoms with Gasteiger partial charge >= 0.3 is 5.97 Å². The van der Waals surface area contributed by atoms with Gasteiger partial charge in [-0.25, -0.2) is 0 Å². The van der Waals surface area contributed by atoms with Crippen LogP contribution >= 0.6 is 0 Å². The summed E-state index contributed by atoms with van der Waals surface area (Å²) in [5, 5.41) is 0.910. The van der Waals surface area contributed by atoms with Crippen molar-refractivity contribution >= 4 is 23.2 Å². The lowest BCUT2D eigenvalue weighted by Crippen LogP contribution is -2.06. The Hall–Kier alpha value is -2.10. The molecule has 0 radical (unpaired) electrons. The summed E-state index contributed by atoms with van der Waals surface area (Å²) in [6, 6.07) is 7.43. The number of rotatable bonds is 4. The standard InChI is InChI=1S/C13H13NO3/c1-17-13(16)6-8-14-7-5-11-10(9-15)3-2-4-12(11)14/h2-5,7,9H,6,8H2,1H3. The van der Waals surface area contributed by atoms with Crippen molar-refractivity contribution in [1.82, 2.24) is 4.57 Å². The molecule has 2 aromatic rings. The van der Waals surface area contributed by atoms with Crippen LogP contribution in [0.4, 0.5) is 0 Å². The van der Waals surface area contributed by atoms with Crippen molar-refractivity contribution < 1.29 is 14.3 Å². The first-order valence-corrected chi connectivity index (χ1v) is 5.36. The largest absolute Gasteiger partial charge is 0.469 e. The number of aromatic nitrogens is 1. The van der Waals surface area contributed by atoms with Crippen molar-refractivity contribution in [3.63, 3.8) is 0 Å². The second kappa shape index (κ2) is 4.82. The summed E-state index contributed by atoms with van der Waals surface area (Å²) < 4.78 is 6.54. The summed E-state index contributed by atoms with van der Waals surface area (Å²) in [4.78, 5) is 21.9. The van der Waals surface area contributed by atoms with Crippen molar-refractivity contribution in [3.8, 4) is 0 Å². The highest BCUT2D eigenvalue weighted by Crippen LogP contribution is 2.19. The average molecular weight is 231 g/mol. The van der Waals surface area contributed by atoms with Crippen LogP contribution in [-0.4, -0.2) is 23.9 Å². The smallest absolute Gasteiger partial charge is 0.307 e. The Balaban J connectivity index is 2.30. The van der Waals surface area contributed by atoms with E-state index in [1.165, 1.54) is 7.11 Å². The molecule has 0 saturated carbocycles. The molecule has 0 aliphatic carbocycles. The van der Waals surface area contributed by atoms with Crippen LogP contribution < -0.4 is 0 Å². The van der Waals surface area contributed by atoms with Crippen LogP contribution in [0.2, 0.25) is 0 Å². The van der Waals surface area contributed by atoms with Crippen LogP contribution in [0.3, 0.4) is 0 Å². The molecule has 0 aliphatic rings. The van der Waals surface area contributed by atoms with Crippen molar-refractivity contribution in [3.05, 3.63) is 36.0 Å². The summed E-state index contributed by atoms with van der Waals surface area (Å²) in [6.45, 7) is 0.554. The SMILES string of the molecule is COC(=O)CCn1ccc2c(C=O)cccc21. The van der Waals surface area contributed by atoms with Crippen LogP contribution in [0, 0.1) is 0 Å². The molecule has 0 unspecified atom stereocenters. The lowest BCUT2D eigenvalue weighted by molar-refractivity contribution is -0.140. The maximum Gasteiger partial charge on any atom is 0.307 e. The van der Waals surface area contributed by atoms with E-state index in [0.717, 1.165) is 17.2 Å². The fourth-order valence-electron chi connectivity index (χ4n) is 1.86. The normalized spacial score (nSPS) is 10.4. The van der Waals surface area contributed by atoms with E-state index >= 15 is 0 Å². The first-order chi connectivity index (χ1) is 8.26. The predicted molar refractivity (Wildman–Crippen MR) is 64.0 cm³/mol. The second-order valence-corrected chi connectivity index (χ2v) is 3.73. The Kier molecular flexibility index (Phi) is 3.23. The number of ether oxygens (including phenoxy) is 1. The zero-order chi connectivity index (χ0) is 12.3. The third-order valence-corrected chi connectivity index (χ3v) is 2.76. The van der Waals surface area contributed by atoms with Crippen LogP contribution in [0.25, 0.3) is 10.9 Å². The predicted octanol–water partition coefficient (Wildman–Crippen LogP) is 2.02. The third kappa shape index (κ3) is 2.20. The molecule has 2 rings (SSSR count). The monoisotopic (exact) mass is 231 g/mol. The fraction of sp³-hybridized carbons (Fsp3) is 0.231. The molecule has 1 aromatic heterocycles. The van der Waals surface area contributed by atoms with E-state index in [9.17, 15) is 9.59 Å². The van der Waals surface area contributed by atoms with E-state index in [2.05, 4.69) is 4.74 Å². The Labute approximate surface area is 98.8 Å². The number of hydrogen-bond donors (Lipinski definition) is 0. The molecule has 0 amide bonds. The molecule has 0 atom stereocenters. The van der Waals surface area contributed by atoms with Gasteiger partial charge in [0.25, 0.3) is 0 Å². The minimum Gasteiger partial charge on any atom is -0.469 e. The van der Waals surface area contributed by atoms with Gasteiger partial charge in [-0.2, -0.15) is 0 Å². The molecular weight excluding hydrogens is 218 g/mol. The molecule has 0 fully saturated rings. The first kappa shape index (κ1) is 11.4. The van der Waals surface area contributed by atoms with E-state index in [1.807, 2.05) is 29.0 Å². The minimum absolute atomic E-state index is 0.238. The van der Waals surface area contributed by atoms with Gasteiger partial charge in [-0.15, -0.1) is 0 Å². The summed E-state index contributed by atoms with van der Waals surface area (Å²) in [7, 11) is 1.38. The number of carbonyl (C=O) groups excluding carboxylic acids is 2. The molecule has 0 N–H and O–H groups in total. The lowest BCUT2D eigenvalue weighted by Gasteiger charge is -2.04. The van der Waals surface area contributed by atoms with Gasteiger partial charge in [0, 0.05) is 29.2 Å². The van der Waals surface area contributed by atoms with Crippen LogP contribution in [0.5, 0.6) is 0 Å². The van der Waals surface area contributed by atoms with Crippen LogP contribution in [-0.2, 0) is 16.1 Å². The zero-order valence-corrected chi connectivity index (χ0v) is 9.55. The Morgan fingerprint density at radius 1 is 1.41 bits per heavy atom. The number of fused-ring (bicyclic) bond motifs is 1. The van der Waals surface area contributed by atoms with Gasteiger partial charge in [0.2, 0.25) is 0 Å². The molecule has 1 aromatic carbocycles. The van der Waals surface area contributed by atoms with Gasteiger partial charge < -0.3 is 9.30 Å². The summed E-state index contributed by atoms with van der Waals surface area (Å²) in [6.07, 6.45) is 3.04. The van der Waals surface area contributed by atoms with Crippen molar-refractivity contribution in [2.24, 2.45) is 0 Å². The number of esters is 1. The highest BCUT2D eigenvalue weighted by molar-refractivity contribution is 5.97. The fourth-order valence-corrected chi connectivity index (χ4v) is 1.86. The van der Waals surface area contributed by atoms with Crippen molar-refractivity contribution in [2.45, 2.75) is 13.0 Å². The molecule has 0 saturated heterocycles. The number of aryl methyl sites for hydroxylation is 1. The Morgan fingerprint density at radius 3 is 2.94 bits per heavy atom. The number of hydrogen-bond acceptors (Lipinski definition) is 3. The van der Waals surface area contributed by atoms with E-state index in [4.69, 9.17) is 0 Å². The minimum atomic E-state index is -0.238. The highest BCUT2D eigenvalue weighted by atomic mass is 16.5. The molecule has 0 bridgehead atoms. The Morgan fingerprint density at radius 2 is 2.24 bits per heavy atom. The van der Waals surface area contributed by atoms with Crippen LogP contribution in [0.1, 0.15) is 16.8 Å². The molecule has 4 nitrogen and oxygen atoms in total. The first-order valence-electron chi connectivity index (χ1n) is 5.36. The van der Waals surface area contributed by atoms with Gasteiger partial charge in [-0.1, -0.05) is 12.1 Å². The summed E-state index contributed by atoms with van der Waals surface area (Å²) in [5.41, 5.74) is 1.62. The van der Waals surface area contributed by atoms with Crippen LogP contribution in [0.15, 0.2) is 30.5 Å². The highest BCUT2D eigenvalue weighted by Gasteiger charge is 2.06. The maximum absolute atomic E-state index is 11.1. The van der Waals surface area contributed by atoms with E-state index in [1.54, 1.807) is 6.07 Å². The van der Waals surface area contributed by atoms with Gasteiger partial charge in [0.15, 0.2) is 6.29 Å². The molecule has 1 heterocycles. The van der Waals surface area contributed by atoms with E-state index in [-0.39, 0.29) is 5.97 Å². The average Bonchev–Trinajstić information content (AvgIpc) is 2.78. The molecule has 88 valence electrons. The summed E-state index contributed by atoms with van der Waals surface area (Å²) >= 11 is 0. The molecule has 4 heteroatoms. The van der Waals surface area contributed by atoms with Gasteiger partial charge in [-0.3, -0.25) is 9.59 Å². The molecule has 0 spiro atoms.